The first kappa shape index (κ1) is 33.8. The highest BCUT2D eigenvalue weighted by Crippen LogP contribution is 2.16. The van der Waals surface area contributed by atoms with Crippen LogP contribution in [0.1, 0.15) is 46.1 Å². The molecule has 42 heavy (non-hydrogen) atoms. The number of amides is 3. The molecule has 5 N–H and O–H groups in total. The molecule has 0 unspecified atom stereocenters. The highest BCUT2D eigenvalue weighted by molar-refractivity contribution is 7.89. The molecule has 0 fully saturated rings. The molecule has 0 aromatic heterocycles. The number of non-ortho nitro benzene ring substituents is 1. The number of sulfonamides is 1. The molecular formula is C27H35N5O9S. The van der Waals surface area contributed by atoms with Crippen LogP contribution in [0.2, 0.25) is 0 Å². The maximum absolute atomic E-state index is 13.4. The average Bonchev–Trinajstić information content (AvgIpc) is 2.89. The van der Waals surface area contributed by atoms with Crippen molar-refractivity contribution >= 4 is 39.4 Å². The molecule has 2 aromatic rings. The lowest BCUT2D eigenvalue weighted by atomic mass is 10.0. The Balaban J connectivity index is 2.24. The van der Waals surface area contributed by atoms with Crippen LogP contribution in [-0.2, 0) is 40.4 Å². The van der Waals surface area contributed by atoms with Gasteiger partial charge in [0.2, 0.25) is 27.7 Å². The predicted molar refractivity (Wildman–Crippen MR) is 151 cm³/mol. The third-order valence-corrected chi connectivity index (χ3v) is 7.24. The second kappa shape index (κ2) is 14.5. The van der Waals surface area contributed by atoms with Gasteiger partial charge in [-0.05, 0) is 51.8 Å². The second-order valence-corrected chi connectivity index (χ2v) is 12.2. The van der Waals surface area contributed by atoms with Crippen LogP contribution in [0, 0.1) is 10.1 Å². The number of carbonyl (C=O) groups is 4. The Morgan fingerprint density at radius 2 is 1.52 bits per heavy atom. The number of benzene rings is 2. The number of nitrogens with one attached hydrogen (secondary N) is 3. The minimum atomic E-state index is -4.26. The number of nitrogens with two attached hydrogens (primary N) is 1. The molecule has 0 heterocycles. The normalized spacial score (nSPS) is 13.7. The molecule has 0 bridgehead atoms. The van der Waals surface area contributed by atoms with E-state index in [-0.39, 0.29) is 29.8 Å². The van der Waals surface area contributed by atoms with E-state index in [0.717, 1.165) is 24.3 Å². The maximum Gasteiger partial charge on any atom is 0.329 e. The van der Waals surface area contributed by atoms with Gasteiger partial charge < -0.3 is 21.1 Å². The van der Waals surface area contributed by atoms with Gasteiger partial charge in [0.15, 0.2) is 0 Å². The Morgan fingerprint density at radius 3 is 2.05 bits per heavy atom. The molecule has 228 valence electrons. The summed E-state index contributed by atoms with van der Waals surface area (Å²) in [6.07, 6.45) is -0.383. The first-order valence-electron chi connectivity index (χ1n) is 12.9. The molecule has 14 nitrogen and oxygen atoms in total. The molecule has 3 atom stereocenters. The molecule has 15 heteroatoms. The van der Waals surface area contributed by atoms with Gasteiger partial charge in [0.25, 0.3) is 5.69 Å². The van der Waals surface area contributed by atoms with Crippen molar-refractivity contribution in [1.29, 1.82) is 0 Å². The fraction of sp³-hybridized carbons (Fsp3) is 0.407. The van der Waals surface area contributed by atoms with E-state index in [0.29, 0.717) is 5.56 Å². The van der Waals surface area contributed by atoms with Gasteiger partial charge in [0, 0.05) is 25.0 Å². The average molecular weight is 606 g/mol. The van der Waals surface area contributed by atoms with E-state index in [2.05, 4.69) is 15.4 Å². The van der Waals surface area contributed by atoms with Gasteiger partial charge >= 0.3 is 5.97 Å². The third-order valence-electron chi connectivity index (χ3n) is 5.69. The Bertz CT molecular complexity index is 1390. The van der Waals surface area contributed by atoms with E-state index in [1.165, 1.54) is 6.92 Å². The molecule has 0 spiro atoms. The standard InChI is InChI=1S/C27H35N5O9S/c1-17(31-42(39,40)20-12-10-19(11-13-20)32(37)38)24(34)30-22(16-18-8-6-5-7-9-18)25(35)29-21(14-15-23(28)33)26(36)41-27(2,3)4/h5-13,17,21-22,31H,14-16H2,1-4H3,(H2,28,33)(H,29,35)(H,30,34)/t17-,21-,22-/m0/s1. The SMILES string of the molecule is C[C@H](NS(=O)(=O)c1ccc([N+](=O)[O-])cc1)C(=O)N[C@@H](Cc1ccccc1)C(=O)N[C@@H](CCC(N)=O)C(=O)OC(C)(C)C. The van der Waals surface area contributed by atoms with Gasteiger partial charge in [-0.2, -0.15) is 4.72 Å². The van der Waals surface area contributed by atoms with Crippen LogP contribution in [0.5, 0.6) is 0 Å². The Labute approximate surface area is 243 Å². The lowest BCUT2D eigenvalue weighted by molar-refractivity contribution is -0.384. The molecule has 2 aromatic carbocycles. The van der Waals surface area contributed by atoms with E-state index >= 15 is 0 Å². The predicted octanol–water partition coefficient (Wildman–Crippen LogP) is 1.08. The Kier molecular flexibility index (Phi) is 11.7. The smallest absolute Gasteiger partial charge is 0.329 e. The summed E-state index contributed by atoms with van der Waals surface area (Å²) in [4.78, 5) is 60.5. The summed E-state index contributed by atoms with van der Waals surface area (Å²) < 4.78 is 33.1. The van der Waals surface area contributed by atoms with Crippen molar-refractivity contribution in [3.8, 4) is 0 Å². The van der Waals surface area contributed by atoms with Gasteiger partial charge in [0.05, 0.1) is 15.9 Å². The zero-order valence-corrected chi connectivity index (χ0v) is 24.5. The van der Waals surface area contributed by atoms with E-state index < -0.39 is 62.4 Å². The van der Waals surface area contributed by atoms with Crippen LogP contribution in [0.25, 0.3) is 0 Å². The summed E-state index contributed by atoms with van der Waals surface area (Å²) in [7, 11) is -4.26. The molecule has 0 aliphatic heterocycles. The van der Waals surface area contributed by atoms with Crippen LogP contribution in [0.15, 0.2) is 59.5 Å². The van der Waals surface area contributed by atoms with Crippen molar-refractivity contribution in [1.82, 2.24) is 15.4 Å². The Morgan fingerprint density at radius 1 is 0.952 bits per heavy atom. The van der Waals surface area contributed by atoms with Crippen molar-refractivity contribution in [2.24, 2.45) is 5.73 Å². The van der Waals surface area contributed by atoms with Crippen molar-refractivity contribution < 1.29 is 37.3 Å². The van der Waals surface area contributed by atoms with Crippen molar-refractivity contribution in [3.63, 3.8) is 0 Å². The molecular weight excluding hydrogens is 570 g/mol. The minimum Gasteiger partial charge on any atom is -0.458 e. The summed E-state index contributed by atoms with van der Waals surface area (Å²) in [5, 5.41) is 15.9. The number of carbonyl (C=O) groups excluding carboxylic acids is 4. The van der Waals surface area contributed by atoms with Gasteiger partial charge in [-0.25, -0.2) is 13.2 Å². The fourth-order valence-electron chi connectivity index (χ4n) is 3.64. The summed E-state index contributed by atoms with van der Waals surface area (Å²) in [6.45, 7) is 6.16. The molecule has 3 amide bonds. The van der Waals surface area contributed by atoms with Crippen LogP contribution in [0.3, 0.4) is 0 Å². The highest BCUT2D eigenvalue weighted by atomic mass is 32.2. The van der Waals surface area contributed by atoms with Crippen molar-refractivity contribution in [2.75, 3.05) is 0 Å². The third kappa shape index (κ3) is 10.9. The number of nitro groups is 1. The molecule has 2 rings (SSSR count). The number of ether oxygens (including phenoxy) is 1. The van der Waals surface area contributed by atoms with Gasteiger partial charge in [-0.1, -0.05) is 30.3 Å². The monoisotopic (exact) mass is 605 g/mol. The summed E-state index contributed by atoms with van der Waals surface area (Å²) in [5.74, 6) is -3.13. The highest BCUT2D eigenvalue weighted by Gasteiger charge is 2.32. The second-order valence-electron chi connectivity index (χ2n) is 10.4. The van der Waals surface area contributed by atoms with Gasteiger partial charge in [-0.15, -0.1) is 0 Å². The first-order valence-corrected chi connectivity index (χ1v) is 14.4. The number of nitrogens with zero attached hydrogens (tertiary/aromatic N) is 1. The number of nitro benzene ring substituents is 1. The molecule has 0 aliphatic carbocycles. The maximum atomic E-state index is 13.4. The van der Waals surface area contributed by atoms with E-state index in [9.17, 15) is 37.7 Å². The number of hydrogen-bond donors (Lipinski definition) is 4. The topological polar surface area (TPSA) is 217 Å². The van der Waals surface area contributed by atoms with Crippen LogP contribution < -0.4 is 21.1 Å². The van der Waals surface area contributed by atoms with E-state index in [1.54, 1.807) is 51.1 Å². The number of hydrogen-bond acceptors (Lipinski definition) is 9. The lowest BCUT2D eigenvalue weighted by Crippen LogP contribution is -2.56. The number of primary amides is 1. The minimum absolute atomic E-state index is 0.0168. The summed E-state index contributed by atoms with van der Waals surface area (Å²) in [5.41, 5.74) is 4.68. The first-order chi connectivity index (χ1) is 19.5. The zero-order chi connectivity index (χ0) is 31.7. The molecule has 0 radical (unpaired) electrons. The number of esters is 1. The quantitative estimate of drug-likeness (QED) is 0.137. The Hall–Kier alpha value is -4.37. The van der Waals surface area contributed by atoms with E-state index in [1.807, 2.05) is 0 Å². The van der Waals surface area contributed by atoms with Crippen LogP contribution >= 0.6 is 0 Å². The largest absolute Gasteiger partial charge is 0.458 e. The van der Waals surface area contributed by atoms with Crippen molar-refractivity contribution in [2.45, 2.75) is 75.6 Å². The van der Waals surface area contributed by atoms with Crippen LogP contribution in [-0.4, -0.2) is 60.8 Å². The molecule has 0 saturated heterocycles. The fourth-order valence-corrected chi connectivity index (χ4v) is 4.84. The zero-order valence-electron chi connectivity index (χ0n) is 23.7. The van der Waals surface area contributed by atoms with Gasteiger partial charge in [0.1, 0.15) is 17.7 Å². The molecule has 0 aliphatic rings. The van der Waals surface area contributed by atoms with E-state index in [4.69, 9.17) is 10.5 Å². The summed E-state index contributed by atoms with van der Waals surface area (Å²) >= 11 is 0. The lowest BCUT2D eigenvalue weighted by Gasteiger charge is -2.27. The van der Waals surface area contributed by atoms with Crippen molar-refractivity contribution in [3.05, 3.63) is 70.3 Å². The number of rotatable bonds is 14. The molecule has 0 saturated carbocycles. The van der Waals surface area contributed by atoms with Crippen LogP contribution in [0.4, 0.5) is 5.69 Å². The summed E-state index contributed by atoms with van der Waals surface area (Å²) in [6, 6.07) is 8.84. The van der Waals surface area contributed by atoms with Gasteiger partial charge in [-0.3, -0.25) is 24.5 Å².